The van der Waals surface area contributed by atoms with E-state index >= 15 is 0 Å². The normalized spacial score (nSPS) is 13.2. The number of nitrogens with two attached hydrogens (primary N) is 1. The number of halogens is 5. The number of aromatic amines is 1. The average molecular weight is 253 g/mol. The van der Waals surface area contributed by atoms with Crippen LogP contribution in [0, 0.1) is 0 Å². The summed E-state index contributed by atoms with van der Waals surface area (Å²) >= 11 is 0. The van der Waals surface area contributed by atoms with Crippen molar-refractivity contribution in [2.24, 2.45) is 0 Å². The fourth-order valence-corrected chi connectivity index (χ4v) is 1.12. The largest absolute Gasteiger partial charge is 0.461 e. The molecule has 3 N–H and O–H groups in total. The van der Waals surface area contributed by atoms with E-state index in [1.165, 1.54) is 0 Å². The minimum Gasteiger partial charge on any atom is -0.382 e. The highest BCUT2D eigenvalue weighted by Gasteiger charge is 2.61. The van der Waals surface area contributed by atoms with Crippen molar-refractivity contribution in [1.82, 2.24) is 19.9 Å². The van der Waals surface area contributed by atoms with E-state index in [4.69, 9.17) is 5.73 Å². The molecule has 2 aromatic rings. The van der Waals surface area contributed by atoms with Crippen LogP contribution in [-0.4, -0.2) is 26.1 Å². The van der Waals surface area contributed by atoms with Crippen molar-refractivity contribution < 1.29 is 22.0 Å². The zero-order valence-corrected chi connectivity index (χ0v) is 7.89. The third-order valence-electron chi connectivity index (χ3n) is 1.95. The van der Waals surface area contributed by atoms with E-state index in [1.807, 2.05) is 0 Å². The Balaban J connectivity index is 2.64. The first-order valence-corrected chi connectivity index (χ1v) is 4.15. The second-order valence-electron chi connectivity index (χ2n) is 3.11. The summed E-state index contributed by atoms with van der Waals surface area (Å²) in [6.45, 7) is 0. The van der Waals surface area contributed by atoms with Crippen molar-refractivity contribution in [3.63, 3.8) is 0 Å². The van der Waals surface area contributed by atoms with Crippen LogP contribution in [0.1, 0.15) is 5.82 Å². The maximum Gasteiger partial charge on any atom is 0.461 e. The molecule has 0 amide bonds. The topological polar surface area (TPSA) is 80.5 Å². The molecule has 0 aliphatic rings. The van der Waals surface area contributed by atoms with Crippen molar-refractivity contribution >= 4 is 17.0 Å². The van der Waals surface area contributed by atoms with Gasteiger partial charge in [0.2, 0.25) is 5.82 Å². The number of nitrogen functional groups attached to an aromatic ring is 1. The van der Waals surface area contributed by atoms with Gasteiger partial charge in [-0.05, 0) is 0 Å². The van der Waals surface area contributed by atoms with E-state index in [0.717, 1.165) is 6.33 Å². The predicted octanol–water partition coefficient (Wildman–Crippen LogP) is 1.59. The fraction of sp³-hybridized carbons (Fsp3) is 0.286. The van der Waals surface area contributed by atoms with Crippen molar-refractivity contribution in [3.8, 4) is 0 Å². The molecule has 2 aromatic heterocycles. The molecular formula is C7H4F5N5. The summed E-state index contributed by atoms with van der Waals surface area (Å²) in [5.74, 6) is -7.41. The van der Waals surface area contributed by atoms with Gasteiger partial charge in [-0.15, -0.1) is 0 Å². The molecule has 0 aliphatic heterocycles. The first-order chi connectivity index (χ1) is 7.73. The first kappa shape index (κ1) is 11.5. The molecule has 2 heterocycles. The van der Waals surface area contributed by atoms with Crippen LogP contribution in [0.2, 0.25) is 0 Å². The van der Waals surface area contributed by atoms with Crippen LogP contribution in [0.5, 0.6) is 0 Å². The number of anilines is 1. The Bertz CT molecular complexity index is 559. The van der Waals surface area contributed by atoms with Gasteiger partial charge in [0.1, 0.15) is 5.52 Å². The summed E-state index contributed by atoms with van der Waals surface area (Å²) in [6.07, 6.45) is -4.73. The standard InChI is InChI=1S/C7H4F5N5/c8-6(9,7(10,11)12)5-16-3(13)2-4(17-5)15-1-14-2/h1H,(H3,13,14,15,16,17). The van der Waals surface area contributed by atoms with Crippen LogP contribution in [0.3, 0.4) is 0 Å². The maximum absolute atomic E-state index is 12.9. The molecule has 5 nitrogen and oxygen atoms in total. The van der Waals surface area contributed by atoms with Gasteiger partial charge < -0.3 is 10.7 Å². The lowest BCUT2D eigenvalue weighted by Gasteiger charge is -2.17. The SMILES string of the molecule is Nc1nc(C(F)(F)C(F)(F)F)nc2nc[nH]c12. The number of alkyl halides is 5. The number of hydrogen-bond donors (Lipinski definition) is 2. The Labute approximate surface area is 89.9 Å². The van der Waals surface area contributed by atoms with E-state index in [2.05, 4.69) is 19.9 Å². The lowest BCUT2D eigenvalue weighted by Crippen LogP contribution is -2.35. The molecule has 0 fully saturated rings. The summed E-state index contributed by atoms with van der Waals surface area (Å²) in [6, 6.07) is 0. The number of nitrogens with one attached hydrogen (secondary N) is 1. The number of rotatable bonds is 1. The number of hydrogen-bond acceptors (Lipinski definition) is 4. The van der Waals surface area contributed by atoms with E-state index in [-0.39, 0.29) is 11.2 Å². The lowest BCUT2D eigenvalue weighted by atomic mass is 10.3. The van der Waals surface area contributed by atoms with Gasteiger partial charge in [-0.1, -0.05) is 0 Å². The third kappa shape index (κ3) is 1.65. The molecule has 0 saturated heterocycles. The van der Waals surface area contributed by atoms with E-state index in [1.54, 1.807) is 0 Å². The Morgan fingerprint density at radius 3 is 2.35 bits per heavy atom. The van der Waals surface area contributed by atoms with E-state index in [0.29, 0.717) is 0 Å². The lowest BCUT2D eigenvalue weighted by molar-refractivity contribution is -0.292. The molecule has 0 aromatic carbocycles. The van der Waals surface area contributed by atoms with Crippen LogP contribution < -0.4 is 5.73 Å². The quantitative estimate of drug-likeness (QED) is 0.756. The zero-order valence-electron chi connectivity index (χ0n) is 7.89. The van der Waals surface area contributed by atoms with E-state index < -0.39 is 23.7 Å². The molecule has 92 valence electrons. The monoisotopic (exact) mass is 253 g/mol. The number of H-pyrrole nitrogens is 1. The molecule has 10 heteroatoms. The first-order valence-electron chi connectivity index (χ1n) is 4.15. The summed E-state index contributed by atoms with van der Waals surface area (Å²) in [4.78, 5) is 11.8. The maximum atomic E-state index is 12.9. The van der Waals surface area contributed by atoms with Crippen LogP contribution >= 0.6 is 0 Å². The van der Waals surface area contributed by atoms with Gasteiger partial charge >= 0.3 is 12.1 Å². The number of fused-ring (bicyclic) bond motifs is 1. The van der Waals surface area contributed by atoms with Gasteiger partial charge in [0.25, 0.3) is 0 Å². The van der Waals surface area contributed by atoms with Crippen LogP contribution in [0.25, 0.3) is 11.2 Å². The Hall–Kier alpha value is -2.00. The second-order valence-corrected chi connectivity index (χ2v) is 3.11. The van der Waals surface area contributed by atoms with Gasteiger partial charge in [0.05, 0.1) is 6.33 Å². The van der Waals surface area contributed by atoms with Crippen molar-refractivity contribution in [3.05, 3.63) is 12.2 Å². The second kappa shape index (κ2) is 3.25. The highest BCUT2D eigenvalue weighted by molar-refractivity contribution is 5.80. The molecule has 0 bridgehead atoms. The fourth-order valence-electron chi connectivity index (χ4n) is 1.12. The predicted molar refractivity (Wildman–Crippen MR) is 46.0 cm³/mol. The molecule has 0 radical (unpaired) electrons. The summed E-state index contributed by atoms with van der Waals surface area (Å²) < 4.78 is 62.1. The summed E-state index contributed by atoms with van der Waals surface area (Å²) in [5.41, 5.74) is 4.87. The highest BCUT2D eigenvalue weighted by Crippen LogP contribution is 2.42. The van der Waals surface area contributed by atoms with Crippen LogP contribution in [0.4, 0.5) is 27.8 Å². The number of nitrogens with zero attached hydrogens (tertiary/aromatic N) is 3. The molecule has 0 saturated carbocycles. The molecule has 2 rings (SSSR count). The Kier molecular flexibility index (Phi) is 2.19. The third-order valence-corrected chi connectivity index (χ3v) is 1.95. The zero-order chi connectivity index (χ0) is 12.8. The van der Waals surface area contributed by atoms with Gasteiger partial charge in [0.15, 0.2) is 11.5 Å². The van der Waals surface area contributed by atoms with Crippen LogP contribution in [0.15, 0.2) is 6.33 Å². The average Bonchev–Trinajstić information content (AvgIpc) is 2.64. The van der Waals surface area contributed by atoms with Gasteiger partial charge in [-0.3, -0.25) is 0 Å². The van der Waals surface area contributed by atoms with Gasteiger partial charge in [-0.25, -0.2) is 15.0 Å². The van der Waals surface area contributed by atoms with Gasteiger partial charge in [-0.2, -0.15) is 22.0 Å². The highest BCUT2D eigenvalue weighted by atomic mass is 19.4. The Morgan fingerprint density at radius 1 is 1.12 bits per heavy atom. The summed E-state index contributed by atoms with van der Waals surface area (Å²) in [5, 5.41) is 0. The van der Waals surface area contributed by atoms with Crippen molar-refractivity contribution in [2.45, 2.75) is 12.1 Å². The summed E-state index contributed by atoms with van der Waals surface area (Å²) in [7, 11) is 0. The number of aromatic nitrogens is 4. The van der Waals surface area contributed by atoms with Crippen molar-refractivity contribution in [1.29, 1.82) is 0 Å². The van der Waals surface area contributed by atoms with Crippen molar-refractivity contribution in [2.75, 3.05) is 5.73 Å². The molecule has 0 unspecified atom stereocenters. The molecule has 0 spiro atoms. The minimum absolute atomic E-state index is 0.00623. The number of imidazole rings is 1. The minimum atomic E-state index is -5.79. The smallest absolute Gasteiger partial charge is 0.382 e. The van der Waals surface area contributed by atoms with Gasteiger partial charge in [0, 0.05) is 0 Å². The van der Waals surface area contributed by atoms with Crippen LogP contribution in [-0.2, 0) is 5.92 Å². The molecule has 0 atom stereocenters. The molecular weight excluding hydrogens is 249 g/mol. The molecule has 0 aliphatic carbocycles. The Morgan fingerprint density at radius 2 is 1.76 bits per heavy atom. The molecule has 17 heavy (non-hydrogen) atoms. The van der Waals surface area contributed by atoms with E-state index in [9.17, 15) is 22.0 Å².